The van der Waals surface area contributed by atoms with E-state index in [9.17, 15) is 13.2 Å². The molecule has 1 saturated heterocycles. The molecule has 1 N–H and O–H groups in total. The van der Waals surface area contributed by atoms with E-state index < -0.39 is 10.0 Å². The second-order valence-electron chi connectivity index (χ2n) is 6.80. The smallest absolute Gasteiger partial charge is 0.258 e. The summed E-state index contributed by atoms with van der Waals surface area (Å²) in [6, 6.07) is 14.1. The number of nitrogens with one attached hydrogen (secondary N) is 1. The second-order valence-corrected chi connectivity index (χ2v) is 9.66. The van der Waals surface area contributed by atoms with E-state index in [1.54, 1.807) is 36.4 Å². The van der Waals surface area contributed by atoms with Crippen LogP contribution < -0.4 is 10.1 Å². The van der Waals surface area contributed by atoms with Crippen molar-refractivity contribution in [2.24, 2.45) is 0 Å². The lowest BCUT2D eigenvalue weighted by Crippen LogP contribution is -2.47. The molecule has 2 aromatic carbocycles. The van der Waals surface area contributed by atoms with Gasteiger partial charge in [-0.3, -0.25) is 4.79 Å². The van der Waals surface area contributed by atoms with Crippen molar-refractivity contribution in [3.05, 3.63) is 58.6 Å². The Morgan fingerprint density at radius 2 is 1.71 bits per heavy atom. The third-order valence-corrected chi connectivity index (χ3v) is 7.10. The first-order chi connectivity index (χ1) is 13.3. The summed E-state index contributed by atoms with van der Waals surface area (Å²) in [4.78, 5) is 12.4. The second kappa shape index (κ2) is 9.07. The van der Waals surface area contributed by atoms with Gasteiger partial charge in [-0.05, 0) is 56.2 Å². The van der Waals surface area contributed by atoms with E-state index >= 15 is 0 Å². The third-order valence-electron chi connectivity index (χ3n) is 4.66. The fourth-order valence-corrected chi connectivity index (χ4v) is 4.78. The highest BCUT2D eigenvalue weighted by molar-refractivity contribution is 9.10. The predicted molar refractivity (Wildman–Crippen MR) is 111 cm³/mol. The SMILES string of the molecule is Cc1ccc(S(=O)(=O)N2CCC(NC(=O)COc3ccc(Br)cc3)CC2)cc1. The molecule has 0 spiro atoms. The number of sulfonamides is 1. The molecular weight excluding hydrogens is 444 g/mol. The summed E-state index contributed by atoms with van der Waals surface area (Å²) in [5, 5.41) is 2.93. The Bertz CT molecular complexity index is 906. The van der Waals surface area contributed by atoms with Gasteiger partial charge in [0.1, 0.15) is 5.75 Å². The molecule has 1 aliphatic rings. The van der Waals surface area contributed by atoms with E-state index in [2.05, 4.69) is 21.2 Å². The summed E-state index contributed by atoms with van der Waals surface area (Å²) in [7, 11) is -3.49. The Balaban J connectivity index is 1.47. The molecule has 1 aliphatic heterocycles. The van der Waals surface area contributed by atoms with Gasteiger partial charge in [0.2, 0.25) is 10.0 Å². The molecular formula is C20H23BrN2O4S. The van der Waals surface area contributed by atoms with Crippen molar-refractivity contribution in [1.29, 1.82) is 0 Å². The summed E-state index contributed by atoms with van der Waals surface area (Å²) in [6.45, 7) is 2.62. The number of ether oxygens (including phenoxy) is 1. The Kier molecular flexibility index (Phi) is 6.74. The molecule has 1 fully saturated rings. The molecule has 0 aliphatic carbocycles. The van der Waals surface area contributed by atoms with E-state index in [1.165, 1.54) is 4.31 Å². The maximum absolute atomic E-state index is 12.7. The van der Waals surface area contributed by atoms with Gasteiger partial charge in [0.05, 0.1) is 4.90 Å². The molecule has 0 bridgehead atoms. The van der Waals surface area contributed by atoms with Crippen molar-refractivity contribution in [2.45, 2.75) is 30.7 Å². The highest BCUT2D eigenvalue weighted by atomic mass is 79.9. The summed E-state index contributed by atoms with van der Waals surface area (Å²) < 4.78 is 33.3. The maximum atomic E-state index is 12.7. The fourth-order valence-electron chi connectivity index (χ4n) is 3.05. The van der Waals surface area contributed by atoms with Crippen molar-refractivity contribution in [3.63, 3.8) is 0 Å². The molecule has 1 heterocycles. The number of carbonyl (C=O) groups is 1. The maximum Gasteiger partial charge on any atom is 0.258 e. The van der Waals surface area contributed by atoms with Gasteiger partial charge >= 0.3 is 0 Å². The quantitative estimate of drug-likeness (QED) is 0.709. The number of amides is 1. The molecule has 0 unspecified atom stereocenters. The van der Waals surface area contributed by atoms with Gasteiger partial charge in [0, 0.05) is 23.6 Å². The van der Waals surface area contributed by atoms with Gasteiger partial charge in [-0.25, -0.2) is 8.42 Å². The topological polar surface area (TPSA) is 75.7 Å². The number of aryl methyl sites for hydroxylation is 1. The molecule has 0 saturated carbocycles. The van der Waals surface area contributed by atoms with Gasteiger partial charge in [-0.15, -0.1) is 0 Å². The fraction of sp³-hybridized carbons (Fsp3) is 0.350. The molecule has 1 amide bonds. The number of hydrogen-bond acceptors (Lipinski definition) is 4. The molecule has 0 atom stereocenters. The molecule has 8 heteroatoms. The number of carbonyl (C=O) groups excluding carboxylic acids is 1. The molecule has 6 nitrogen and oxygen atoms in total. The third kappa shape index (κ3) is 5.33. The van der Waals surface area contributed by atoms with Gasteiger partial charge in [-0.2, -0.15) is 4.31 Å². The number of piperidine rings is 1. The summed E-state index contributed by atoms with van der Waals surface area (Å²) >= 11 is 3.35. The Hall–Kier alpha value is -1.90. The van der Waals surface area contributed by atoms with E-state index in [4.69, 9.17) is 4.74 Å². The monoisotopic (exact) mass is 466 g/mol. The van der Waals surface area contributed by atoms with Crippen LogP contribution in [0.4, 0.5) is 0 Å². The number of benzene rings is 2. The average molecular weight is 467 g/mol. The van der Waals surface area contributed by atoms with Crippen LogP contribution in [0.1, 0.15) is 18.4 Å². The van der Waals surface area contributed by atoms with Crippen LogP contribution >= 0.6 is 15.9 Å². The van der Waals surface area contributed by atoms with Crippen LogP contribution in [0.3, 0.4) is 0 Å². The van der Waals surface area contributed by atoms with E-state index in [0.717, 1.165) is 10.0 Å². The zero-order valence-electron chi connectivity index (χ0n) is 15.6. The standard InChI is InChI=1S/C20H23BrN2O4S/c1-15-2-8-19(9-3-15)28(25,26)23-12-10-17(11-13-23)22-20(24)14-27-18-6-4-16(21)5-7-18/h2-9,17H,10-14H2,1H3,(H,22,24). The molecule has 3 rings (SSSR count). The van der Waals surface area contributed by atoms with Gasteiger partial charge in [0.15, 0.2) is 6.61 Å². The summed E-state index contributed by atoms with van der Waals surface area (Å²) in [5.74, 6) is 0.417. The van der Waals surface area contributed by atoms with Crippen LogP contribution in [-0.4, -0.2) is 44.4 Å². The normalized spacial score (nSPS) is 15.9. The van der Waals surface area contributed by atoms with E-state index in [1.807, 2.05) is 19.1 Å². The lowest BCUT2D eigenvalue weighted by Gasteiger charge is -2.31. The number of rotatable bonds is 6. The van der Waals surface area contributed by atoms with Crippen LogP contribution in [-0.2, 0) is 14.8 Å². The van der Waals surface area contributed by atoms with Crippen LogP contribution in [0.2, 0.25) is 0 Å². The predicted octanol–water partition coefficient (Wildman–Crippen LogP) is 3.11. The first-order valence-electron chi connectivity index (χ1n) is 9.09. The van der Waals surface area contributed by atoms with Gasteiger partial charge in [0.25, 0.3) is 5.91 Å². The minimum atomic E-state index is -3.49. The molecule has 28 heavy (non-hydrogen) atoms. The van der Waals surface area contributed by atoms with E-state index in [0.29, 0.717) is 36.6 Å². The Morgan fingerprint density at radius 3 is 2.32 bits per heavy atom. The number of halogens is 1. The van der Waals surface area contributed by atoms with Crippen LogP contribution in [0.15, 0.2) is 57.9 Å². The average Bonchev–Trinajstić information content (AvgIpc) is 2.68. The van der Waals surface area contributed by atoms with Crippen molar-refractivity contribution in [1.82, 2.24) is 9.62 Å². The van der Waals surface area contributed by atoms with Crippen molar-refractivity contribution >= 4 is 31.9 Å². The minimum absolute atomic E-state index is 0.0505. The highest BCUT2D eigenvalue weighted by Crippen LogP contribution is 2.21. The number of hydrogen-bond donors (Lipinski definition) is 1. The zero-order chi connectivity index (χ0) is 20.1. The molecule has 150 valence electrons. The van der Waals surface area contributed by atoms with Crippen LogP contribution in [0, 0.1) is 6.92 Å². The summed E-state index contributed by atoms with van der Waals surface area (Å²) in [6.07, 6.45) is 1.16. The van der Waals surface area contributed by atoms with E-state index in [-0.39, 0.29) is 18.6 Å². The van der Waals surface area contributed by atoms with Crippen molar-refractivity contribution in [2.75, 3.05) is 19.7 Å². The van der Waals surface area contributed by atoms with Gasteiger partial charge in [-0.1, -0.05) is 33.6 Å². The molecule has 0 radical (unpaired) electrons. The lowest BCUT2D eigenvalue weighted by molar-refractivity contribution is -0.124. The van der Waals surface area contributed by atoms with Crippen LogP contribution in [0.25, 0.3) is 0 Å². The van der Waals surface area contributed by atoms with Crippen molar-refractivity contribution < 1.29 is 17.9 Å². The van der Waals surface area contributed by atoms with Crippen molar-refractivity contribution in [3.8, 4) is 5.75 Å². The molecule has 2 aromatic rings. The Morgan fingerprint density at radius 1 is 1.11 bits per heavy atom. The zero-order valence-corrected chi connectivity index (χ0v) is 18.0. The number of nitrogens with zero attached hydrogens (tertiary/aromatic N) is 1. The Labute approximate surface area is 174 Å². The highest BCUT2D eigenvalue weighted by Gasteiger charge is 2.29. The van der Waals surface area contributed by atoms with Crippen LogP contribution in [0.5, 0.6) is 5.75 Å². The molecule has 0 aromatic heterocycles. The van der Waals surface area contributed by atoms with Gasteiger partial charge < -0.3 is 10.1 Å². The first-order valence-corrected chi connectivity index (χ1v) is 11.3. The largest absolute Gasteiger partial charge is 0.484 e. The minimum Gasteiger partial charge on any atom is -0.484 e. The lowest BCUT2D eigenvalue weighted by atomic mass is 10.1. The first kappa shape index (κ1) is 20.8. The summed E-state index contributed by atoms with van der Waals surface area (Å²) in [5.41, 5.74) is 1.02.